The minimum atomic E-state index is -0.257. The topological polar surface area (TPSA) is 50.4 Å². The lowest BCUT2D eigenvalue weighted by Crippen LogP contribution is -2.39. The van der Waals surface area contributed by atoms with Crippen molar-refractivity contribution in [3.63, 3.8) is 0 Å². The molecule has 0 bridgehead atoms. The molecule has 0 radical (unpaired) electrons. The summed E-state index contributed by atoms with van der Waals surface area (Å²) in [7, 11) is 0. The Morgan fingerprint density at radius 3 is 2.72 bits per heavy atom. The Hall–Kier alpha value is -1.62. The molecule has 4 nitrogen and oxygen atoms in total. The summed E-state index contributed by atoms with van der Waals surface area (Å²) < 4.78 is 5.40. The monoisotopic (exact) mass is 266 g/mol. The number of nitrogens with one attached hydrogen (secondary N) is 2. The van der Waals surface area contributed by atoms with E-state index in [2.05, 4.69) is 10.6 Å². The molecule has 0 heterocycles. The Labute approximate surface area is 113 Å². The smallest absolute Gasteiger partial charge is 0.261 e. The molecule has 5 heteroatoms. The fourth-order valence-electron chi connectivity index (χ4n) is 1.39. The second-order valence-electron chi connectivity index (χ2n) is 3.64. The summed E-state index contributed by atoms with van der Waals surface area (Å²) in [5.74, 6) is 0.309. The van der Waals surface area contributed by atoms with Crippen molar-refractivity contribution in [1.29, 1.82) is 0 Å². The molecule has 18 heavy (non-hydrogen) atoms. The summed E-state index contributed by atoms with van der Waals surface area (Å²) in [4.78, 5) is 12.0. The molecule has 1 aromatic rings. The summed E-state index contributed by atoms with van der Waals surface area (Å²) in [5.41, 5.74) is 0.486. The molecule has 1 rings (SSSR count). The lowest BCUT2D eigenvalue weighted by molar-refractivity contribution is 0.0973. The molecule has 0 aliphatic rings. The molecular formula is C13H18N2O2S. The van der Waals surface area contributed by atoms with Crippen LogP contribution in [0.3, 0.4) is 0 Å². The Kier molecular flexibility index (Phi) is 6.14. The van der Waals surface area contributed by atoms with Crippen LogP contribution >= 0.6 is 12.2 Å². The van der Waals surface area contributed by atoms with Crippen LogP contribution in [0.15, 0.2) is 24.3 Å². The quantitative estimate of drug-likeness (QED) is 0.801. The number of para-hydroxylation sites is 1. The van der Waals surface area contributed by atoms with E-state index < -0.39 is 0 Å². The normalized spacial score (nSPS) is 9.67. The molecule has 0 atom stereocenters. The molecule has 1 aromatic carbocycles. The fraction of sp³-hybridized carbons (Fsp3) is 0.385. The number of amides is 1. The van der Waals surface area contributed by atoms with Crippen LogP contribution in [0.25, 0.3) is 0 Å². The highest BCUT2D eigenvalue weighted by atomic mass is 32.1. The fourth-order valence-corrected chi connectivity index (χ4v) is 1.58. The van der Waals surface area contributed by atoms with Crippen LogP contribution in [0.5, 0.6) is 5.75 Å². The third-order valence-corrected chi connectivity index (χ3v) is 2.44. The number of hydrogen-bond acceptors (Lipinski definition) is 3. The lowest BCUT2D eigenvalue weighted by atomic mass is 10.2. The van der Waals surface area contributed by atoms with Crippen LogP contribution < -0.4 is 15.4 Å². The summed E-state index contributed by atoms with van der Waals surface area (Å²) in [6, 6.07) is 7.10. The number of thiocarbonyl (C=S) groups is 1. The second-order valence-corrected chi connectivity index (χ2v) is 4.05. The molecule has 0 unspecified atom stereocenters. The Morgan fingerprint density at radius 1 is 1.33 bits per heavy atom. The van der Waals surface area contributed by atoms with Gasteiger partial charge in [-0.1, -0.05) is 19.1 Å². The van der Waals surface area contributed by atoms with E-state index >= 15 is 0 Å². The van der Waals surface area contributed by atoms with E-state index in [1.807, 2.05) is 19.9 Å². The number of carbonyl (C=O) groups is 1. The van der Waals surface area contributed by atoms with Gasteiger partial charge in [0.05, 0.1) is 12.2 Å². The third kappa shape index (κ3) is 4.33. The largest absolute Gasteiger partial charge is 0.493 e. The lowest BCUT2D eigenvalue weighted by Gasteiger charge is -2.11. The van der Waals surface area contributed by atoms with Gasteiger partial charge < -0.3 is 10.1 Å². The maximum absolute atomic E-state index is 12.0. The maximum Gasteiger partial charge on any atom is 0.261 e. The minimum Gasteiger partial charge on any atom is -0.493 e. The van der Waals surface area contributed by atoms with Crippen molar-refractivity contribution in [1.82, 2.24) is 10.6 Å². The summed E-state index contributed by atoms with van der Waals surface area (Å²) in [6.07, 6.45) is 0.950. The van der Waals surface area contributed by atoms with Crippen molar-refractivity contribution in [2.24, 2.45) is 0 Å². The van der Waals surface area contributed by atoms with Gasteiger partial charge in [-0.25, -0.2) is 0 Å². The molecule has 0 aromatic heterocycles. The number of rotatable bonds is 5. The van der Waals surface area contributed by atoms with E-state index in [9.17, 15) is 4.79 Å². The molecule has 0 aliphatic carbocycles. The van der Waals surface area contributed by atoms with Crippen LogP contribution in [0.4, 0.5) is 0 Å². The van der Waals surface area contributed by atoms with Crippen LogP contribution in [0, 0.1) is 0 Å². The van der Waals surface area contributed by atoms with Gasteiger partial charge in [0.1, 0.15) is 5.75 Å². The number of carbonyl (C=O) groups excluding carboxylic acids is 1. The molecule has 2 N–H and O–H groups in total. The van der Waals surface area contributed by atoms with Gasteiger partial charge in [-0.05, 0) is 37.7 Å². The zero-order valence-corrected chi connectivity index (χ0v) is 11.5. The van der Waals surface area contributed by atoms with Crippen molar-refractivity contribution < 1.29 is 9.53 Å². The highest BCUT2D eigenvalue weighted by Crippen LogP contribution is 2.17. The number of ether oxygens (including phenoxy) is 1. The zero-order valence-electron chi connectivity index (χ0n) is 10.7. The van der Waals surface area contributed by atoms with Crippen LogP contribution in [-0.2, 0) is 0 Å². The molecule has 0 aliphatic heterocycles. The molecule has 0 saturated heterocycles. The predicted molar refractivity (Wildman–Crippen MR) is 76.0 cm³/mol. The van der Waals surface area contributed by atoms with Gasteiger partial charge in [0.15, 0.2) is 5.11 Å². The van der Waals surface area contributed by atoms with E-state index in [1.54, 1.807) is 18.2 Å². The van der Waals surface area contributed by atoms with Crippen molar-refractivity contribution in [3.05, 3.63) is 29.8 Å². The first-order valence-electron chi connectivity index (χ1n) is 6.00. The maximum atomic E-state index is 12.0. The number of benzene rings is 1. The summed E-state index contributed by atoms with van der Waals surface area (Å²) in [5, 5.41) is 5.92. The molecule has 98 valence electrons. The highest BCUT2D eigenvalue weighted by Gasteiger charge is 2.12. The first kappa shape index (κ1) is 14.4. The Morgan fingerprint density at radius 2 is 2.06 bits per heavy atom. The van der Waals surface area contributed by atoms with E-state index in [0.29, 0.717) is 23.0 Å². The average molecular weight is 266 g/mol. The van der Waals surface area contributed by atoms with Crippen molar-refractivity contribution in [2.45, 2.75) is 20.3 Å². The van der Waals surface area contributed by atoms with Gasteiger partial charge in [0.25, 0.3) is 5.91 Å². The SMILES string of the molecule is CCCNC(=S)NC(=O)c1ccccc1OCC. The standard InChI is InChI=1S/C13H18N2O2S/c1-3-9-14-13(18)15-12(16)10-7-5-6-8-11(10)17-4-2/h5-8H,3-4,9H2,1-2H3,(H2,14,15,16,18). The summed E-state index contributed by atoms with van der Waals surface area (Å²) >= 11 is 5.02. The van der Waals surface area contributed by atoms with Crippen molar-refractivity contribution >= 4 is 23.2 Å². The zero-order chi connectivity index (χ0) is 13.4. The van der Waals surface area contributed by atoms with E-state index in [4.69, 9.17) is 17.0 Å². The Balaban J connectivity index is 2.68. The molecule has 0 fully saturated rings. The first-order valence-corrected chi connectivity index (χ1v) is 6.40. The van der Waals surface area contributed by atoms with E-state index in [-0.39, 0.29) is 5.91 Å². The predicted octanol–water partition coefficient (Wildman–Crippen LogP) is 2.10. The van der Waals surface area contributed by atoms with Crippen molar-refractivity contribution in [3.8, 4) is 5.75 Å². The van der Waals surface area contributed by atoms with E-state index in [0.717, 1.165) is 13.0 Å². The van der Waals surface area contributed by atoms with Gasteiger partial charge in [-0.2, -0.15) is 0 Å². The number of hydrogen-bond donors (Lipinski definition) is 2. The van der Waals surface area contributed by atoms with Gasteiger partial charge >= 0.3 is 0 Å². The van der Waals surface area contributed by atoms with Crippen LogP contribution in [-0.4, -0.2) is 24.2 Å². The molecule has 0 saturated carbocycles. The van der Waals surface area contributed by atoms with Crippen LogP contribution in [0.1, 0.15) is 30.6 Å². The minimum absolute atomic E-state index is 0.257. The molecular weight excluding hydrogens is 248 g/mol. The average Bonchev–Trinajstić information content (AvgIpc) is 2.37. The van der Waals surface area contributed by atoms with Gasteiger partial charge in [0.2, 0.25) is 0 Å². The van der Waals surface area contributed by atoms with Crippen molar-refractivity contribution in [2.75, 3.05) is 13.2 Å². The Bertz CT molecular complexity index is 421. The molecule has 1 amide bonds. The van der Waals surface area contributed by atoms with E-state index in [1.165, 1.54) is 0 Å². The third-order valence-electron chi connectivity index (χ3n) is 2.19. The molecule has 0 spiro atoms. The van der Waals surface area contributed by atoms with Gasteiger partial charge in [0, 0.05) is 6.54 Å². The van der Waals surface area contributed by atoms with Gasteiger partial charge in [-0.3, -0.25) is 10.1 Å². The van der Waals surface area contributed by atoms with Gasteiger partial charge in [-0.15, -0.1) is 0 Å². The highest BCUT2D eigenvalue weighted by molar-refractivity contribution is 7.80. The second kappa shape index (κ2) is 7.66. The van der Waals surface area contributed by atoms with Crippen LogP contribution in [0.2, 0.25) is 0 Å². The first-order chi connectivity index (χ1) is 8.69. The summed E-state index contributed by atoms with van der Waals surface area (Å²) in [6.45, 7) is 5.17.